The van der Waals surface area contributed by atoms with Crippen LogP contribution in [-0.4, -0.2) is 21.9 Å². The maximum Gasteiger partial charge on any atom is 0.169 e. The van der Waals surface area contributed by atoms with Gasteiger partial charge in [0.25, 0.3) is 0 Å². The maximum atomic E-state index is 8.87. The third kappa shape index (κ3) is 4.11. The van der Waals surface area contributed by atoms with E-state index >= 15 is 0 Å². The lowest BCUT2D eigenvalue weighted by Gasteiger charge is -2.08. The average Bonchev–Trinajstić information content (AvgIpc) is 2.96. The Kier molecular flexibility index (Phi) is 5.78. The summed E-state index contributed by atoms with van der Waals surface area (Å²) in [6.07, 6.45) is 0.476. The van der Waals surface area contributed by atoms with Gasteiger partial charge in [-0.15, -0.1) is 0 Å². The number of para-hydroxylation sites is 2. The molecule has 4 nitrogen and oxygen atoms in total. The van der Waals surface area contributed by atoms with Crippen molar-refractivity contribution in [3.63, 3.8) is 0 Å². The van der Waals surface area contributed by atoms with Gasteiger partial charge in [0.1, 0.15) is 5.75 Å². The number of nitriles is 1. The number of nitrogens with zero attached hydrogens (tertiary/aromatic N) is 3. The summed E-state index contributed by atoms with van der Waals surface area (Å²) in [4.78, 5) is 4.68. The zero-order chi connectivity index (χ0) is 16.8. The highest BCUT2D eigenvalue weighted by atomic mass is 79.9. The molecule has 6 heteroatoms. The summed E-state index contributed by atoms with van der Waals surface area (Å²) in [5.74, 6) is 1.66. The third-order valence-electron chi connectivity index (χ3n) is 3.46. The minimum Gasteiger partial charge on any atom is -0.493 e. The molecule has 3 aromatic rings. The largest absolute Gasteiger partial charge is 0.493 e. The van der Waals surface area contributed by atoms with Gasteiger partial charge in [-0.3, -0.25) is 0 Å². The monoisotopic (exact) mass is 401 g/mol. The quantitative estimate of drug-likeness (QED) is 0.417. The Bertz CT molecular complexity index is 855. The number of hydrogen-bond donors (Lipinski definition) is 0. The molecule has 2 aromatic carbocycles. The molecule has 0 aliphatic carbocycles. The minimum atomic E-state index is 0.476. The lowest BCUT2D eigenvalue weighted by Crippen LogP contribution is -2.03. The number of imidazole rings is 1. The molecule has 3 rings (SSSR count). The van der Waals surface area contributed by atoms with Crippen LogP contribution >= 0.6 is 27.7 Å². The molecule has 0 aliphatic heterocycles. The maximum absolute atomic E-state index is 8.87. The molecule has 0 radical (unpaired) electrons. The first-order chi connectivity index (χ1) is 11.8. The van der Waals surface area contributed by atoms with E-state index in [1.165, 1.54) is 0 Å². The first-order valence-corrected chi connectivity index (χ1v) is 9.39. The van der Waals surface area contributed by atoms with Gasteiger partial charge in [-0.2, -0.15) is 5.26 Å². The second-order valence-electron chi connectivity index (χ2n) is 5.09. The highest BCUT2D eigenvalue weighted by molar-refractivity contribution is 9.10. The van der Waals surface area contributed by atoms with Crippen LogP contribution in [0.2, 0.25) is 0 Å². The summed E-state index contributed by atoms with van der Waals surface area (Å²) >= 11 is 5.06. The lowest BCUT2D eigenvalue weighted by atomic mass is 10.3. The van der Waals surface area contributed by atoms with Gasteiger partial charge in [0.05, 0.1) is 30.1 Å². The molecule has 24 heavy (non-hydrogen) atoms. The van der Waals surface area contributed by atoms with Crippen molar-refractivity contribution in [1.29, 1.82) is 5.26 Å². The number of fused-ring (bicyclic) bond motifs is 1. The lowest BCUT2D eigenvalue weighted by molar-refractivity contribution is 0.343. The fourth-order valence-electron chi connectivity index (χ4n) is 2.36. The Balaban J connectivity index is 1.64. The predicted octanol–water partition coefficient (Wildman–Crippen LogP) is 4.88. The van der Waals surface area contributed by atoms with E-state index in [9.17, 15) is 0 Å². The average molecular weight is 402 g/mol. The van der Waals surface area contributed by atoms with Gasteiger partial charge in [0, 0.05) is 16.8 Å². The molecule has 0 spiro atoms. The van der Waals surface area contributed by atoms with E-state index in [0.717, 1.165) is 32.2 Å². The second kappa shape index (κ2) is 8.22. The van der Waals surface area contributed by atoms with Crippen LogP contribution in [0.4, 0.5) is 0 Å². The number of ether oxygens (including phenoxy) is 1. The number of thioether (sulfide) groups is 1. The van der Waals surface area contributed by atoms with Crippen LogP contribution in [0.3, 0.4) is 0 Å². The fourth-order valence-corrected chi connectivity index (χ4v) is 3.49. The van der Waals surface area contributed by atoms with Crippen molar-refractivity contribution in [2.75, 3.05) is 12.4 Å². The third-order valence-corrected chi connectivity index (χ3v) is 4.93. The second-order valence-corrected chi connectivity index (χ2v) is 7.07. The van der Waals surface area contributed by atoms with Gasteiger partial charge in [0.2, 0.25) is 0 Å². The number of aryl methyl sites for hydroxylation is 1. The predicted molar refractivity (Wildman–Crippen MR) is 100 cm³/mol. The molecule has 0 amide bonds. The van der Waals surface area contributed by atoms with Crippen molar-refractivity contribution in [3.8, 4) is 11.8 Å². The van der Waals surface area contributed by atoms with Crippen molar-refractivity contribution < 1.29 is 4.74 Å². The normalized spacial score (nSPS) is 10.7. The van der Waals surface area contributed by atoms with Gasteiger partial charge in [-0.25, -0.2) is 4.98 Å². The molecule has 0 N–H and O–H groups in total. The summed E-state index contributed by atoms with van der Waals surface area (Å²) in [5.41, 5.74) is 2.04. The number of hydrogen-bond acceptors (Lipinski definition) is 4. The van der Waals surface area contributed by atoms with Gasteiger partial charge in [0.15, 0.2) is 5.16 Å². The molecule has 0 saturated heterocycles. The van der Waals surface area contributed by atoms with Crippen LogP contribution < -0.4 is 4.74 Å². The number of aromatic nitrogens is 2. The summed E-state index contributed by atoms with van der Waals surface area (Å²) in [7, 11) is 0. The van der Waals surface area contributed by atoms with Crippen LogP contribution in [-0.2, 0) is 6.54 Å². The van der Waals surface area contributed by atoms with Crippen molar-refractivity contribution in [2.45, 2.75) is 18.1 Å². The van der Waals surface area contributed by atoms with Crippen molar-refractivity contribution in [2.24, 2.45) is 0 Å². The fraction of sp³-hybridized carbons (Fsp3) is 0.222. The molecular weight excluding hydrogens is 386 g/mol. The molecule has 122 valence electrons. The van der Waals surface area contributed by atoms with Crippen molar-refractivity contribution >= 4 is 38.7 Å². The molecule has 0 saturated carbocycles. The van der Waals surface area contributed by atoms with Crippen LogP contribution in [0.1, 0.15) is 6.42 Å². The number of halogens is 1. The smallest absolute Gasteiger partial charge is 0.169 e. The Hall–Kier alpha value is -1.97. The Morgan fingerprint density at radius 3 is 2.75 bits per heavy atom. The van der Waals surface area contributed by atoms with Crippen molar-refractivity contribution in [3.05, 3.63) is 53.0 Å². The SMILES string of the molecule is N#CCCn1c(SCCOc2ccc(Br)cc2)nc2ccccc21. The molecule has 1 heterocycles. The molecule has 0 atom stereocenters. The Morgan fingerprint density at radius 2 is 1.96 bits per heavy atom. The topological polar surface area (TPSA) is 50.8 Å². The van der Waals surface area contributed by atoms with E-state index < -0.39 is 0 Å². The van der Waals surface area contributed by atoms with E-state index in [0.29, 0.717) is 19.6 Å². The first kappa shape index (κ1) is 16.9. The highest BCUT2D eigenvalue weighted by Crippen LogP contribution is 2.24. The molecule has 0 bridgehead atoms. The Morgan fingerprint density at radius 1 is 1.17 bits per heavy atom. The highest BCUT2D eigenvalue weighted by Gasteiger charge is 2.10. The summed E-state index contributed by atoms with van der Waals surface area (Å²) in [6, 6.07) is 18.0. The minimum absolute atomic E-state index is 0.476. The van der Waals surface area contributed by atoms with Crippen LogP contribution in [0.25, 0.3) is 11.0 Å². The zero-order valence-corrected chi connectivity index (χ0v) is 15.4. The van der Waals surface area contributed by atoms with Gasteiger partial charge in [-0.1, -0.05) is 39.8 Å². The molecule has 0 aliphatic rings. The van der Waals surface area contributed by atoms with E-state index in [1.807, 2.05) is 48.5 Å². The Labute approximate surface area is 153 Å². The number of benzene rings is 2. The summed E-state index contributed by atoms with van der Waals surface area (Å²) in [6.45, 7) is 1.26. The first-order valence-electron chi connectivity index (χ1n) is 7.61. The molecular formula is C18H16BrN3OS. The van der Waals surface area contributed by atoms with Gasteiger partial charge < -0.3 is 9.30 Å². The van der Waals surface area contributed by atoms with Gasteiger partial charge >= 0.3 is 0 Å². The summed E-state index contributed by atoms with van der Waals surface area (Å²) in [5, 5.41) is 9.81. The van der Waals surface area contributed by atoms with E-state index in [4.69, 9.17) is 10.00 Å². The van der Waals surface area contributed by atoms with E-state index in [2.05, 4.69) is 31.6 Å². The van der Waals surface area contributed by atoms with E-state index in [-0.39, 0.29) is 0 Å². The van der Waals surface area contributed by atoms with Crippen LogP contribution in [0.5, 0.6) is 5.75 Å². The van der Waals surface area contributed by atoms with Crippen molar-refractivity contribution in [1.82, 2.24) is 9.55 Å². The molecule has 0 fully saturated rings. The van der Waals surface area contributed by atoms with Crippen LogP contribution in [0, 0.1) is 11.3 Å². The van der Waals surface area contributed by atoms with Crippen LogP contribution in [0.15, 0.2) is 58.2 Å². The zero-order valence-electron chi connectivity index (χ0n) is 13.0. The summed E-state index contributed by atoms with van der Waals surface area (Å²) < 4.78 is 8.90. The van der Waals surface area contributed by atoms with E-state index in [1.54, 1.807) is 11.8 Å². The standard InChI is InChI=1S/C18H16BrN3OS/c19-14-6-8-15(9-7-14)23-12-13-24-18-21-16-4-1-2-5-17(16)22(18)11-3-10-20/h1-2,4-9H,3,11-13H2. The number of rotatable bonds is 7. The van der Waals surface area contributed by atoms with Gasteiger partial charge in [-0.05, 0) is 36.4 Å². The molecule has 0 unspecified atom stereocenters. The molecule has 1 aromatic heterocycles.